The number of hydrogen-bond donors (Lipinski definition) is 3. The second kappa shape index (κ2) is 13.0. The fourth-order valence-electron chi connectivity index (χ4n) is 5.85. The van der Waals surface area contributed by atoms with Gasteiger partial charge in [0, 0.05) is 47.8 Å². The molecule has 1 aliphatic carbocycles. The number of H-pyrrole nitrogens is 1. The van der Waals surface area contributed by atoms with Crippen molar-refractivity contribution in [2.45, 2.75) is 45.2 Å². The Kier molecular flexibility index (Phi) is 9.46. The molecule has 1 saturated heterocycles. The molecule has 2 aliphatic rings. The second-order valence-corrected chi connectivity index (χ2v) is 10.8. The van der Waals surface area contributed by atoms with Crippen LogP contribution in [0.1, 0.15) is 47.2 Å². The van der Waals surface area contributed by atoms with Gasteiger partial charge in [-0.1, -0.05) is 18.2 Å². The SMILES string of the molecule is COCC(NC(=O)c1ccccc1)C(=O)O.COc1cc(C)c2[nH]ccc2c1CN1CCC2(CC1)CC(C#N)C2. The second-order valence-electron chi connectivity index (χ2n) is 10.8. The average Bonchev–Trinajstić information content (AvgIpc) is 3.45. The highest BCUT2D eigenvalue weighted by atomic mass is 16.5. The van der Waals surface area contributed by atoms with Gasteiger partial charge in [-0.15, -0.1) is 0 Å². The van der Waals surface area contributed by atoms with Crippen LogP contribution in [-0.2, 0) is 16.1 Å². The van der Waals surface area contributed by atoms with Gasteiger partial charge >= 0.3 is 5.97 Å². The largest absolute Gasteiger partial charge is 0.496 e. The molecule has 5 rings (SSSR count). The van der Waals surface area contributed by atoms with Crippen molar-refractivity contribution >= 4 is 22.8 Å². The topological polar surface area (TPSA) is 128 Å². The van der Waals surface area contributed by atoms with E-state index in [1.54, 1.807) is 37.4 Å². The molecule has 2 aromatic carbocycles. The van der Waals surface area contributed by atoms with Gasteiger partial charge in [0.1, 0.15) is 5.75 Å². The molecule has 0 radical (unpaired) electrons. The maximum Gasteiger partial charge on any atom is 0.328 e. The summed E-state index contributed by atoms with van der Waals surface area (Å²) in [7, 11) is 3.14. The van der Waals surface area contributed by atoms with Crippen LogP contribution >= 0.6 is 0 Å². The molecular formula is C31H38N4O5. The third-order valence-corrected chi connectivity index (χ3v) is 8.14. The first kappa shape index (κ1) is 29.1. The number of piperidine rings is 1. The number of aryl methyl sites for hydroxylation is 1. The molecule has 2 fully saturated rings. The summed E-state index contributed by atoms with van der Waals surface area (Å²) in [6, 6.07) is 14.1. The van der Waals surface area contributed by atoms with Gasteiger partial charge in [-0.3, -0.25) is 9.69 Å². The van der Waals surface area contributed by atoms with Crippen LogP contribution in [0.5, 0.6) is 5.75 Å². The number of aromatic amines is 1. The summed E-state index contributed by atoms with van der Waals surface area (Å²) in [4.78, 5) is 28.3. The van der Waals surface area contributed by atoms with E-state index in [0.717, 1.165) is 38.2 Å². The van der Waals surface area contributed by atoms with Crippen LogP contribution in [0.2, 0.25) is 0 Å². The molecular weight excluding hydrogens is 508 g/mol. The number of nitrogens with one attached hydrogen (secondary N) is 2. The molecule has 1 aromatic heterocycles. The van der Waals surface area contributed by atoms with E-state index in [1.807, 2.05) is 6.20 Å². The van der Waals surface area contributed by atoms with Crippen LogP contribution in [0.15, 0.2) is 48.7 Å². The molecule has 1 amide bonds. The third-order valence-electron chi connectivity index (χ3n) is 8.14. The number of aliphatic carboxylic acids is 1. The average molecular weight is 547 g/mol. The van der Waals surface area contributed by atoms with Crippen LogP contribution in [-0.4, -0.2) is 66.8 Å². The number of likely N-dealkylation sites (tertiary alicyclic amines) is 1. The Morgan fingerprint density at radius 1 is 1.20 bits per heavy atom. The van der Waals surface area contributed by atoms with E-state index >= 15 is 0 Å². The van der Waals surface area contributed by atoms with Crippen LogP contribution in [0.25, 0.3) is 10.9 Å². The van der Waals surface area contributed by atoms with E-state index in [2.05, 4.69) is 40.3 Å². The fraction of sp³-hybridized carbons (Fsp3) is 0.452. The number of carbonyl (C=O) groups excluding carboxylic acids is 1. The summed E-state index contributed by atoms with van der Waals surface area (Å²) in [5.74, 6) is -0.238. The molecule has 212 valence electrons. The molecule has 1 aliphatic heterocycles. The first-order chi connectivity index (χ1) is 19.3. The van der Waals surface area contributed by atoms with E-state index in [4.69, 9.17) is 19.8 Å². The van der Waals surface area contributed by atoms with Crippen molar-refractivity contribution in [2.24, 2.45) is 11.3 Å². The highest BCUT2D eigenvalue weighted by molar-refractivity contribution is 5.96. The van der Waals surface area contributed by atoms with Crippen molar-refractivity contribution < 1.29 is 24.2 Å². The molecule has 3 aromatic rings. The number of methoxy groups -OCH3 is 2. The molecule has 3 N–H and O–H groups in total. The maximum atomic E-state index is 11.6. The van der Waals surface area contributed by atoms with Crippen LogP contribution in [0.4, 0.5) is 0 Å². The van der Waals surface area contributed by atoms with Crippen molar-refractivity contribution in [3.05, 3.63) is 65.4 Å². The first-order valence-electron chi connectivity index (χ1n) is 13.6. The van der Waals surface area contributed by atoms with E-state index < -0.39 is 17.9 Å². The lowest BCUT2D eigenvalue weighted by molar-refractivity contribution is -0.140. The van der Waals surface area contributed by atoms with Gasteiger partial charge in [-0.05, 0) is 80.9 Å². The lowest BCUT2D eigenvalue weighted by atomic mass is 9.58. The molecule has 9 nitrogen and oxygen atoms in total. The van der Waals surface area contributed by atoms with Gasteiger partial charge in [0.25, 0.3) is 5.91 Å². The van der Waals surface area contributed by atoms with Crippen molar-refractivity contribution in [3.63, 3.8) is 0 Å². The zero-order chi connectivity index (χ0) is 28.7. The number of hydrogen-bond acceptors (Lipinski definition) is 6. The van der Waals surface area contributed by atoms with E-state index in [1.165, 1.54) is 42.0 Å². The summed E-state index contributed by atoms with van der Waals surface area (Å²) >= 11 is 0. The lowest BCUT2D eigenvalue weighted by Crippen LogP contribution is -2.46. The van der Waals surface area contributed by atoms with Crippen molar-refractivity contribution in [1.82, 2.24) is 15.2 Å². The number of fused-ring (bicyclic) bond motifs is 1. The summed E-state index contributed by atoms with van der Waals surface area (Å²) in [6.07, 6.45) is 6.72. The number of benzene rings is 2. The number of nitrogens with zero attached hydrogens (tertiary/aromatic N) is 2. The van der Waals surface area contributed by atoms with E-state index in [9.17, 15) is 9.59 Å². The summed E-state index contributed by atoms with van der Waals surface area (Å²) in [5, 5.41) is 21.5. The van der Waals surface area contributed by atoms with Crippen LogP contribution < -0.4 is 10.1 Å². The van der Waals surface area contributed by atoms with Gasteiger partial charge in [-0.2, -0.15) is 5.26 Å². The molecule has 2 heterocycles. The number of rotatable bonds is 8. The predicted molar refractivity (Wildman–Crippen MR) is 152 cm³/mol. The van der Waals surface area contributed by atoms with Gasteiger partial charge in [0.05, 0.1) is 19.8 Å². The molecule has 0 bridgehead atoms. The Bertz CT molecular complexity index is 1350. The van der Waals surface area contributed by atoms with Crippen LogP contribution in [0, 0.1) is 29.6 Å². The summed E-state index contributed by atoms with van der Waals surface area (Å²) in [5.41, 5.74) is 4.63. The van der Waals surface area contributed by atoms with Gasteiger partial charge in [0.2, 0.25) is 0 Å². The molecule has 1 unspecified atom stereocenters. The number of aromatic nitrogens is 1. The summed E-state index contributed by atoms with van der Waals surface area (Å²) < 4.78 is 10.4. The zero-order valence-electron chi connectivity index (χ0n) is 23.4. The number of ether oxygens (including phenoxy) is 2. The number of carboxylic acid groups (broad SMARTS) is 1. The van der Waals surface area contributed by atoms with Gasteiger partial charge in [0.15, 0.2) is 6.04 Å². The van der Waals surface area contributed by atoms with Gasteiger partial charge < -0.3 is 24.9 Å². The van der Waals surface area contributed by atoms with E-state index in [-0.39, 0.29) is 6.61 Å². The van der Waals surface area contributed by atoms with Crippen LogP contribution in [0.3, 0.4) is 0 Å². The Hall–Kier alpha value is -3.87. The predicted octanol–water partition coefficient (Wildman–Crippen LogP) is 4.52. The van der Waals surface area contributed by atoms with Crippen molar-refractivity contribution in [1.29, 1.82) is 5.26 Å². The number of carbonyl (C=O) groups is 2. The third kappa shape index (κ3) is 6.64. The maximum absolute atomic E-state index is 11.6. The Labute approximate surface area is 235 Å². The molecule has 9 heteroatoms. The highest BCUT2D eigenvalue weighted by Crippen LogP contribution is 2.52. The lowest BCUT2D eigenvalue weighted by Gasteiger charge is -2.50. The minimum absolute atomic E-state index is 0.0616. The van der Waals surface area contributed by atoms with E-state index in [0.29, 0.717) is 16.9 Å². The number of nitriles is 1. The Balaban J connectivity index is 0.000000202. The molecule has 1 spiro atoms. The minimum atomic E-state index is -1.12. The number of carboxylic acids is 1. The van der Waals surface area contributed by atoms with Crippen molar-refractivity contribution in [2.75, 3.05) is 33.9 Å². The molecule has 1 saturated carbocycles. The quantitative estimate of drug-likeness (QED) is 0.379. The number of amides is 1. The minimum Gasteiger partial charge on any atom is -0.496 e. The first-order valence-corrected chi connectivity index (χ1v) is 13.6. The smallest absolute Gasteiger partial charge is 0.328 e. The highest BCUT2D eigenvalue weighted by Gasteiger charge is 2.45. The Morgan fingerprint density at radius 2 is 1.90 bits per heavy atom. The van der Waals surface area contributed by atoms with Gasteiger partial charge in [-0.25, -0.2) is 4.79 Å². The molecule has 1 atom stereocenters. The Morgan fingerprint density at radius 3 is 2.50 bits per heavy atom. The van der Waals surface area contributed by atoms with Crippen molar-refractivity contribution in [3.8, 4) is 11.8 Å². The monoisotopic (exact) mass is 546 g/mol. The summed E-state index contributed by atoms with van der Waals surface area (Å²) in [6.45, 7) is 5.25. The zero-order valence-corrected chi connectivity index (χ0v) is 23.4. The standard InChI is InChI=1S/C20H25N3O.C11H13NO4/c1-14-9-18(24-2)17(16-3-6-22-19(14)16)13-23-7-4-20(5-8-23)10-15(11-20)12-21;1-16-7-9(11(14)15)12-10(13)8-5-3-2-4-6-8/h3,6,9,15,22H,4-5,7-8,10-11,13H2,1-2H3;2-6,9H,7H2,1H3,(H,12,13)(H,14,15). The fourth-order valence-corrected chi connectivity index (χ4v) is 5.85. The molecule has 40 heavy (non-hydrogen) atoms. The normalized spacial score (nSPS) is 17.2.